The average Bonchev–Trinajstić information content (AvgIpc) is 2.27. The van der Waals surface area contributed by atoms with Crippen LogP contribution in [0.15, 0.2) is 36.5 Å². The van der Waals surface area contributed by atoms with E-state index in [9.17, 15) is 18.9 Å². The molecule has 0 amide bonds. The molecule has 0 saturated heterocycles. The van der Waals surface area contributed by atoms with Gasteiger partial charge in [-0.15, -0.1) is 0 Å². The minimum Gasteiger partial charge on any atom is -0.348 e. The van der Waals surface area contributed by atoms with Crippen molar-refractivity contribution in [2.24, 2.45) is 0 Å². The first-order valence-electron chi connectivity index (χ1n) is 5.27. The van der Waals surface area contributed by atoms with Crippen LogP contribution in [-0.4, -0.2) is 17.9 Å². The lowest BCUT2D eigenvalue weighted by Gasteiger charge is -2.16. The minimum absolute atomic E-state index is 0.122. The summed E-state index contributed by atoms with van der Waals surface area (Å²) in [5.41, 5.74) is -0.367. The topological polar surface area (TPSA) is 96.0 Å². The number of carbonyl (C=O) groups is 3. The second-order valence-corrected chi connectivity index (χ2v) is 5.37. The number of hydrogen-bond donors (Lipinski definition) is 0. The molecule has 7 nitrogen and oxygen atoms in total. The zero-order chi connectivity index (χ0) is 16.1. The molecule has 0 bridgehead atoms. The first kappa shape index (κ1) is 17.9. The molecule has 0 aromatic heterocycles. The first-order valence-corrected chi connectivity index (χ1v) is 6.73. The number of phosphoric acid groups is 1. The Kier molecular flexibility index (Phi) is 6.13. The van der Waals surface area contributed by atoms with E-state index in [4.69, 9.17) is 0 Å². The number of carbonyl (C=O) groups excluding carboxylic acids is 3. The largest absolute Gasteiger partial charge is 0.654 e. The van der Waals surface area contributed by atoms with Crippen molar-refractivity contribution < 1.29 is 32.5 Å². The summed E-state index contributed by atoms with van der Waals surface area (Å²) < 4.78 is 25.3. The Morgan fingerprint density at radius 1 is 0.700 bits per heavy atom. The highest BCUT2D eigenvalue weighted by Gasteiger charge is 2.39. The molecule has 0 aliphatic rings. The lowest BCUT2D eigenvalue weighted by Crippen LogP contribution is -2.14. The van der Waals surface area contributed by atoms with Crippen molar-refractivity contribution in [1.82, 2.24) is 0 Å². The van der Waals surface area contributed by atoms with Gasteiger partial charge in [-0.3, -0.25) is 0 Å². The average molecular weight is 302 g/mol. The standard InChI is InChI=1S/C12H15O7P/c1-7(2)10(13)17-20(16,18-11(14)8(3)4)19-12(15)9(5)6/h1,3,5H2,2,4,6H3. The van der Waals surface area contributed by atoms with Gasteiger partial charge in [0.15, 0.2) is 0 Å². The van der Waals surface area contributed by atoms with Crippen LogP contribution >= 0.6 is 7.82 Å². The molecule has 0 atom stereocenters. The highest BCUT2D eigenvalue weighted by Crippen LogP contribution is 2.51. The van der Waals surface area contributed by atoms with Crippen LogP contribution in [0.3, 0.4) is 0 Å². The van der Waals surface area contributed by atoms with Gasteiger partial charge < -0.3 is 13.6 Å². The van der Waals surface area contributed by atoms with Crippen molar-refractivity contribution in [3.05, 3.63) is 36.5 Å². The molecule has 0 radical (unpaired) electrons. The second-order valence-electron chi connectivity index (χ2n) is 3.92. The van der Waals surface area contributed by atoms with Crippen LogP contribution in [0.4, 0.5) is 0 Å². The molecule has 0 N–H and O–H groups in total. The molecule has 0 unspecified atom stereocenters. The van der Waals surface area contributed by atoms with Crippen molar-refractivity contribution in [3.63, 3.8) is 0 Å². The van der Waals surface area contributed by atoms with Crippen molar-refractivity contribution in [2.75, 3.05) is 0 Å². The van der Waals surface area contributed by atoms with Crippen molar-refractivity contribution in [1.29, 1.82) is 0 Å². The summed E-state index contributed by atoms with van der Waals surface area (Å²) in [4.78, 5) is 34.0. The van der Waals surface area contributed by atoms with Gasteiger partial charge in [-0.1, -0.05) is 19.7 Å². The third kappa shape index (κ3) is 5.67. The summed E-state index contributed by atoms with van der Waals surface area (Å²) in [7, 11) is -4.78. The fourth-order valence-corrected chi connectivity index (χ4v) is 1.78. The SMILES string of the molecule is C=C(C)C(=O)OP(=O)(OC(=O)C(=C)C)OC(=O)C(=C)C. The molecule has 0 saturated carbocycles. The third-order valence-electron chi connectivity index (χ3n) is 1.63. The van der Waals surface area contributed by atoms with Gasteiger partial charge >= 0.3 is 25.7 Å². The monoisotopic (exact) mass is 302 g/mol. The van der Waals surface area contributed by atoms with Gasteiger partial charge in [-0.05, 0) is 20.8 Å². The highest BCUT2D eigenvalue weighted by atomic mass is 31.2. The van der Waals surface area contributed by atoms with Gasteiger partial charge in [-0.2, -0.15) is 4.57 Å². The minimum atomic E-state index is -4.78. The van der Waals surface area contributed by atoms with Crippen molar-refractivity contribution >= 4 is 25.7 Å². The summed E-state index contributed by atoms with van der Waals surface area (Å²) in [6, 6.07) is 0. The van der Waals surface area contributed by atoms with E-state index in [0.717, 1.165) is 0 Å². The summed E-state index contributed by atoms with van der Waals surface area (Å²) in [6.07, 6.45) is 0. The van der Waals surface area contributed by atoms with Gasteiger partial charge in [0.25, 0.3) is 0 Å². The Morgan fingerprint density at radius 3 is 1.05 bits per heavy atom. The van der Waals surface area contributed by atoms with E-state index < -0.39 is 25.7 Å². The Labute approximate surface area is 116 Å². The van der Waals surface area contributed by atoms with E-state index in [1.807, 2.05) is 0 Å². The van der Waals surface area contributed by atoms with Crippen LogP contribution in [0.25, 0.3) is 0 Å². The quantitative estimate of drug-likeness (QED) is 0.549. The number of hydrogen-bond acceptors (Lipinski definition) is 7. The number of rotatable bonds is 6. The van der Waals surface area contributed by atoms with Crippen molar-refractivity contribution in [3.8, 4) is 0 Å². The molecule has 0 heterocycles. The summed E-state index contributed by atoms with van der Waals surface area (Å²) in [6.45, 7) is 13.6. The smallest absolute Gasteiger partial charge is 0.348 e. The Morgan fingerprint density at radius 2 is 0.900 bits per heavy atom. The van der Waals surface area contributed by atoms with Crippen LogP contribution < -0.4 is 0 Å². The summed E-state index contributed by atoms with van der Waals surface area (Å²) in [5.74, 6) is -3.42. The maximum Gasteiger partial charge on any atom is 0.654 e. The third-order valence-corrected chi connectivity index (χ3v) is 2.80. The molecule has 8 heteroatoms. The first-order chi connectivity index (χ1) is 8.98. The van der Waals surface area contributed by atoms with Crippen LogP contribution in [-0.2, 0) is 32.5 Å². The fraction of sp³-hybridized carbons (Fsp3) is 0.250. The molecular weight excluding hydrogens is 287 g/mol. The van der Waals surface area contributed by atoms with E-state index in [1.54, 1.807) is 0 Å². The predicted octanol–water partition coefficient (Wildman–Crippen LogP) is 2.45. The number of phosphoric ester groups is 1. The summed E-state index contributed by atoms with van der Waals surface area (Å²) in [5, 5.41) is 0. The molecular formula is C12H15O7P. The normalized spacial score (nSPS) is 10.2. The zero-order valence-corrected chi connectivity index (χ0v) is 12.3. The Bertz CT molecular complexity index is 468. The molecule has 0 aromatic rings. The van der Waals surface area contributed by atoms with Crippen LogP contribution in [0.5, 0.6) is 0 Å². The molecule has 0 spiro atoms. The van der Waals surface area contributed by atoms with Gasteiger partial charge in [0.05, 0.1) is 0 Å². The Hall–Kier alpha value is -2.14. The molecule has 0 fully saturated rings. The predicted molar refractivity (Wildman–Crippen MR) is 70.3 cm³/mol. The second kappa shape index (κ2) is 6.86. The van der Waals surface area contributed by atoms with Gasteiger partial charge in [0.2, 0.25) is 0 Å². The lowest BCUT2D eigenvalue weighted by atomic mass is 10.4. The van der Waals surface area contributed by atoms with E-state index in [2.05, 4.69) is 33.3 Å². The maximum atomic E-state index is 12.1. The van der Waals surface area contributed by atoms with Crippen molar-refractivity contribution in [2.45, 2.75) is 20.8 Å². The van der Waals surface area contributed by atoms with Crippen LogP contribution in [0.1, 0.15) is 20.8 Å². The van der Waals surface area contributed by atoms with E-state index >= 15 is 0 Å². The molecule has 0 aromatic carbocycles. The molecule has 0 aliphatic heterocycles. The van der Waals surface area contributed by atoms with Gasteiger partial charge in [0.1, 0.15) is 0 Å². The maximum absolute atomic E-state index is 12.1. The van der Waals surface area contributed by atoms with E-state index in [0.29, 0.717) is 0 Å². The van der Waals surface area contributed by atoms with E-state index in [1.165, 1.54) is 20.8 Å². The fourth-order valence-electron chi connectivity index (χ4n) is 0.594. The summed E-state index contributed by atoms with van der Waals surface area (Å²) >= 11 is 0. The molecule has 20 heavy (non-hydrogen) atoms. The highest BCUT2D eigenvalue weighted by molar-refractivity contribution is 7.50. The van der Waals surface area contributed by atoms with Crippen LogP contribution in [0.2, 0.25) is 0 Å². The Balaban J connectivity index is 5.27. The van der Waals surface area contributed by atoms with E-state index in [-0.39, 0.29) is 16.7 Å². The molecule has 110 valence electrons. The molecule has 0 aliphatic carbocycles. The van der Waals surface area contributed by atoms with Gasteiger partial charge in [0, 0.05) is 16.7 Å². The lowest BCUT2D eigenvalue weighted by molar-refractivity contribution is -0.139. The van der Waals surface area contributed by atoms with Crippen LogP contribution in [0, 0.1) is 0 Å². The zero-order valence-electron chi connectivity index (χ0n) is 11.4. The molecule has 0 rings (SSSR count). The van der Waals surface area contributed by atoms with Gasteiger partial charge in [-0.25, -0.2) is 14.4 Å².